The Bertz CT molecular complexity index is 478. The number of ketones is 1. The largest absolute Gasteiger partial charge is 0.481 e. The number of aliphatic carboxylic acids is 1. The number of Topliss-reactive ketones (excluding diaryl/α,β-unsaturated/α-hetero) is 1. The summed E-state index contributed by atoms with van der Waals surface area (Å²) in [6, 6.07) is 5.43. The normalized spacial score (nSPS) is 11.4. The number of carbonyl (C=O) groups is 2. The van der Waals surface area contributed by atoms with Gasteiger partial charge < -0.3 is 5.11 Å². The lowest BCUT2D eigenvalue weighted by atomic mass is 10.0. The molecule has 0 saturated heterocycles. The smallest absolute Gasteiger partial charge is 0.454 e. The van der Waals surface area contributed by atoms with Crippen molar-refractivity contribution in [2.45, 2.75) is 44.7 Å². The zero-order valence-electron chi connectivity index (χ0n) is 11.4. The van der Waals surface area contributed by atoms with Crippen LogP contribution in [-0.2, 0) is 11.2 Å². The highest BCUT2D eigenvalue weighted by atomic mass is 19.4. The molecule has 0 atom stereocenters. The summed E-state index contributed by atoms with van der Waals surface area (Å²) in [5, 5.41) is 8.47. The van der Waals surface area contributed by atoms with E-state index in [0.29, 0.717) is 12.8 Å². The van der Waals surface area contributed by atoms with E-state index in [1.54, 1.807) is 0 Å². The van der Waals surface area contributed by atoms with E-state index in [2.05, 4.69) is 0 Å². The average Bonchev–Trinajstić information content (AvgIpc) is 2.41. The Hall–Kier alpha value is -1.85. The maximum atomic E-state index is 12.2. The van der Waals surface area contributed by atoms with Crippen LogP contribution < -0.4 is 0 Å². The highest BCUT2D eigenvalue weighted by molar-refractivity contribution is 6.00. The van der Waals surface area contributed by atoms with Gasteiger partial charge in [0, 0.05) is 12.0 Å². The molecular formula is C15H17F3O3. The molecule has 0 unspecified atom stereocenters. The number of benzene rings is 1. The Morgan fingerprint density at radius 2 is 1.52 bits per heavy atom. The molecule has 1 rings (SSSR count). The molecule has 0 aliphatic carbocycles. The minimum absolute atomic E-state index is 0.161. The first-order chi connectivity index (χ1) is 9.80. The van der Waals surface area contributed by atoms with Crippen molar-refractivity contribution in [1.29, 1.82) is 0 Å². The second kappa shape index (κ2) is 7.81. The van der Waals surface area contributed by atoms with Crippen molar-refractivity contribution < 1.29 is 27.9 Å². The third-order valence-electron chi connectivity index (χ3n) is 3.08. The fourth-order valence-electron chi connectivity index (χ4n) is 1.95. The first-order valence-electron chi connectivity index (χ1n) is 6.73. The van der Waals surface area contributed by atoms with E-state index >= 15 is 0 Å². The average molecular weight is 302 g/mol. The predicted octanol–water partition coefficient (Wildman–Crippen LogP) is 4.01. The van der Waals surface area contributed by atoms with Crippen molar-refractivity contribution in [3.8, 4) is 0 Å². The van der Waals surface area contributed by atoms with E-state index < -0.39 is 17.9 Å². The maximum absolute atomic E-state index is 12.2. The molecule has 0 aromatic heterocycles. The lowest BCUT2D eigenvalue weighted by Crippen LogP contribution is -2.22. The molecule has 0 radical (unpaired) electrons. The molecule has 0 heterocycles. The third-order valence-corrected chi connectivity index (χ3v) is 3.08. The number of hydrogen-bond acceptors (Lipinski definition) is 2. The van der Waals surface area contributed by atoms with Crippen molar-refractivity contribution in [3.05, 3.63) is 35.4 Å². The number of unbranched alkanes of at least 4 members (excludes halogenated alkanes) is 3. The highest BCUT2D eigenvalue weighted by Crippen LogP contribution is 2.22. The third kappa shape index (κ3) is 6.42. The van der Waals surface area contributed by atoms with Crippen LogP contribution in [0.15, 0.2) is 24.3 Å². The Morgan fingerprint density at radius 1 is 0.952 bits per heavy atom. The highest BCUT2D eigenvalue weighted by Gasteiger charge is 2.39. The van der Waals surface area contributed by atoms with Crippen molar-refractivity contribution in [2.75, 3.05) is 0 Å². The van der Waals surface area contributed by atoms with Crippen molar-refractivity contribution in [1.82, 2.24) is 0 Å². The first kappa shape index (κ1) is 17.2. The van der Waals surface area contributed by atoms with Crippen LogP contribution in [0.3, 0.4) is 0 Å². The van der Waals surface area contributed by atoms with Gasteiger partial charge in [-0.3, -0.25) is 9.59 Å². The summed E-state index contributed by atoms with van der Waals surface area (Å²) in [4.78, 5) is 21.3. The quantitative estimate of drug-likeness (QED) is 0.583. The van der Waals surface area contributed by atoms with Crippen molar-refractivity contribution >= 4 is 11.8 Å². The van der Waals surface area contributed by atoms with E-state index in [1.807, 2.05) is 0 Å². The second-order valence-corrected chi connectivity index (χ2v) is 4.83. The van der Waals surface area contributed by atoms with Gasteiger partial charge in [0.15, 0.2) is 0 Å². The number of halogens is 3. The number of carbonyl (C=O) groups excluding carboxylic acids is 1. The Balaban J connectivity index is 2.35. The van der Waals surface area contributed by atoms with Crippen LogP contribution in [0.2, 0.25) is 0 Å². The number of carboxylic acids is 1. The Labute approximate surface area is 120 Å². The van der Waals surface area contributed by atoms with E-state index in [0.717, 1.165) is 24.8 Å². The molecule has 0 aliphatic rings. The second-order valence-electron chi connectivity index (χ2n) is 4.83. The predicted molar refractivity (Wildman–Crippen MR) is 71.3 cm³/mol. The van der Waals surface area contributed by atoms with Crippen LogP contribution in [0, 0.1) is 0 Å². The fourth-order valence-corrected chi connectivity index (χ4v) is 1.95. The molecule has 0 fully saturated rings. The Kier molecular flexibility index (Phi) is 6.39. The summed E-state index contributed by atoms with van der Waals surface area (Å²) in [5.74, 6) is -2.64. The van der Waals surface area contributed by atoms with Crippen LogP contribution in [0.1, 0.15) is 48.0 Å². The summed E-state index contributed by atoms with van der Waals surface area (Å²) >= 11 is 0. The van der Waals surface area contributed by atoms with Gasteiger partial charge in [-0.2, -0.15) is 13.2 Å². The van der Waals surface area contributed by atoms with E-state index in [4.69, 9.17) is 5.11 Å². The molecule has 3 nitrogen and oxygen atoms in total. The Morgan fingerprint density at radius 3 is 2.05 bits per heavy atom. The lowest BCUT2D eigenvalue weighted by molar-refractivity contribution is -0.137. The lowest BCUT2D eigenvalue weighted by Gasteiger charge is -2.06. The van der Waals surface area contributed by atoms with E-state index in [9.17, 15) is 22.8 Å². The van der Waals surface area contributed by atoms with Gasteiger partial charge in [-0.05, 0) is 24.8 Å². The summed E-state index contributed by atoms with van der Waals surface area (Å²) in [7, 11) is 0. The van der Waals surface area contributed by atoms with Gasteiger partial charge in [0.1, 0.15) is 0 Å². The van der Waals surface area contributed by atoms with Gasteiger partial charge in [-0.25, -0.2) is 0 Å². The number of hydrogen-bond donors (Lipinski definition) is 1. The molecule has 1 N–H and O–H groups in total. The van der Waals surface area contributed by atoms with Crippen LogP contribution in [0.4, 0.5) is 13.2 Å². The number of alkyl halides is 3. The molecule has 21 heavy (non-hydrogen) atoms. The van der Waals surface area contributed by atoms with Gasteiger partial charge in [0.25, 0.3) is 5.78 Å². The van der Waals surface area contributed by atoms with Gasteiger partial charge in [-0.1, -0.05) is 37.1 Å². The van der Waals surface area contributed by atoms with Gasteiger partial charge in [-0.15, -0.1) is 0 Å². The SMILES string of the molecule is O=C(O)CCCCCCc1ccc(C(=O)C(F)(F)F)cc1. The molecule has 0 bridgehead atoms. The van der Waals surface area contributed by atoms with Gasteiger partial charge in [0.05, 0.1) is 0 Å². The molecule has 0 aliphatic heterocycles. The molecule has 1 aromatic carbocycles. The summed E-state index contributed by atoms with van der Waals surface area (Å²) < 4.78 is 36.7. The monoisotopic (exact) mass is 302 g/mol. The van der Waals surface area contributed by atoms with E-state index in [1.165, 1.54) is 24.3 Å². The summed E-state index contributed by atoms with van der Waals surface area (Å²) in [6.45, 7) is 0. The van der Waals surface area contributed by atoms with Crippen LogP contribution in [0.25, 0.3) is 0 Å². The summed E-state index contributed by atoms with van der Waals surface area (Å²) in [5.41, 5.74) is 0.514. The molecule has 6 heteroatoms. The van der Waals surface area contributed by atoms with Crippen LogP contribution in [-0.4, -0.2) is 23.0 Å². The van der Waals surface area contributed by atoms with E-state index in [-0.39, 0.29) is 12.0 Å². The minimum Gasteiger partial charge on any atom is -0.481 e. The number of carboxylic acid groups (broad SMARTS) is 1. The summed E-state index contributed by atoms with van der Waals surface area (Å²) in [6.07, 6.45) is -0.818. The van der Waals surface area contributed by atoms with Crippen molar-refractivity contribution in [3.63, 3.8) is 0 Å². The molecule has 0 amide bonds. The molecule has 116 valence electrons. The minimum atomic E-state index is -4.84. The maximum Gasteiger partial charge on any atom is 0.454 e. The number of rotatable bonds is 8. The van der Waals surface area contributed by atoms with Crippen LogP contribution in [0.5, 0.6) is 0 Å². The molecular weight excluding hydrogens is 285 g/mol. The fraction of sp³-hybridized carbons (Fsp3) is 0.467. The van der Waals surface area contributed by atoms with Crippen molar-refractivity contribution in [2.24, 2.45) is 0 Å². The molecule has 1 aromatic rings. The van der Waals surface area contributed by atoms with Gasteiger partial charge >= 0.3 is 12.1 Å². The standard InChI is InChI=1S/C15H17F3O3/c16-15(17,18)14(21)12-9-7-11(8-10-12)5-3-1-2-4-6-13(19)20/h7-10H,1-6H2,(H,19,20). The zero-order chi connectivity index (χ0) is 15.9. The first-order valence-corrected chi connectivity index (χ1v) is 6.73. The molecule has 0 spiro atoms. The van der Waals surface area contributed by atoms with Gasteiger partial charge in [0.2, 0.25) is 0 Å². The molecule has 0 saturated carbocycles. The number of aryl methyl sites for hydroxylation is 1. The zero-order valence-corrected chi connectivity index (χ0v) is 11.4. The topological polar surface area (TPSA) is 54.4 Å². The van der Waals surface area contributed by atoms with Crippen LogP contribution >= 0.6 is 0 Å².